The molecule has 2 aromatic carbocycles. The Hall–Kier alpha value is -3.30. The molecule has 3 aliphatic heterocycles. The van der Waals surface area contributed by atoms with Crippen LogP contribution in [0.1, 0.15) is 45.3 Å². The number of hydrogen-bond donors (Lipinski definition) is 2. The molecule has 0 saturated carbocycles. The zero-order valence-electron chi connectivity index (χ0n) is 22.4. The Morgan fingerprint density at radius 1 is 1.12 bits per heavy atom. The fourth-order valence-corrected chi connectivity index (χ4v) is 4.44. The first-order valence-electron chi connectivity index (χ1n) is 13.1. The van der Waals surface area contributed by atoms with E-state index in [0.717, 1.165) is 18.0 Å². The number of morpholine rings is 1. The third kappa shape index (κ3) is 4.41. The smallest absolute Gasteiger partial charge is 0.255 e. The van der Waals surface area contributed by atoms with Gasteiger partial charge in [-0.05, 0) is 18.5 Å². The van der Waals surface area contributed by atoms with Gasteiger partial charge >= 0.3 is 0 Å². The highest BCUT2D eigenvalue weighted by molar-refractivity contribution is 6.06. The minimum atomic E-state index is -3.02. The van der Waals surface area contributed by atoms with Crippen LogP contribution in [0, 0.1) is 5.82 Å². The van der Waals surface area contributed by atoms with Crippen molar-refractivity contribution in [3.05, 3.63) is 64.5 Å². The van der Waals surface area contributed by atoms with E-state index in [1.807, 2.05) is 5.32 Å². The molecule has 3 heterocycles. The van der Waals surface area contributed by atoms with Gasteiger partial charge in [0, 0.05) is 72.5 Å². The maximum absolute atomic E-state index is 15.3. The Labute approximate surface area is 202 Å². The van der Waals surface area contributed by atoms with Gasteiger partial charge in [0.05, 0.1) is 13.2 Å². The average molecular weight is 471 g/mol. The molecule has 9 heteroatoms. The van der Waals surface area contributed by atoms with Crippen LogP contribution in [-0.2, 0) is 34.0 Å². The normalized spacial score (nSPS) is 25.6. The standard InChI is InChI=1S/C25H27FN4O4/c26-23-16(3-1-4-17(23)14-29-9-11-34-12-10-29)13-27-20-6-2-5-18-19(20)15-30(25(18)33)21-7-8-22(31)28-24(21)32/h1-6,21,27H,7-15H2,(H,28,31,32)/i7D2,8D2. The predicted octanol–water partition coefficient (Wildman–Crippen LogP) is 2.03. The zero-order chi connectivity index (χ0) is 27.2. The molecule has 0 aromatic heterocycles. The SMILES string of the molecule is [2H]C1([2H])C(=O)NC(=O)C(N2Cc3c(NCc4cccc(CN5CCOCC5)c4F)cccc3C2=O)C1([2H])[2H]. The number of benzene rings is 2. The molecule has 0 bridgehead atoms. The van der Waals surface area contributed by atoms with Crippen LogP contribution < -0.4 is 10.6 Å². The first-order valence-corrected chi connectivity index (χ1v) is 11.1. The number of piperidine rings is 1. The van der Waals surface area contributed by atoms with Crippen LogP contribution in [0.25, 0.3) is 0 Å². The number of carbonyl (C=O) groups is 3. The van der Waals surface area contributed by atoms with Gasteiger partial charge in [0.1, 0.15) is 11.9 Å². The summed E-state index contributed by atoms with van der Waals surface area (Å²) >= 11 is 0. The molecule has 1 unspecified atom stereocenters. The summed E-state index contributed by atoms with van der Waals surface area (Å²) in [5.41, 5.74) is 2.21. The van der Waals surface area contributed by atoms with E-state index in [1.165, 1.54) is 6.07 Å². The fraction of sp³-hybridized carbons (Fsp3) is 0.400. The summed E-state index contributed by atoms with van der Waals surface area (Å²) in [7, 11) is 0. The van der Waals surface area contributed by atoms with Crippen molar-refractivity contribution in [2.45, 2.75) is 38.4 Å². The minimum absolute atomic E-state index is 0.120. The second-order valence-corrected chi connectivity index (χ2v) is 8.39. The average Bonchev–Trinajstić information content (AvgIpc) is 3.20. The van der Waals surface area contributed by atoms with Crippen LogP contribution in [-0.4, -0.2) is 59.9 Å². The number of rotatable bonds is 6. The predicted molar refractivity (Wildman–Crippen MR) is 122 cm³/mol. The van der Waals surface area contributed by atoms with Gasteiger partial charge in [-0.2, -0.15) is 0 Å². The summed E-state index contributed by atoms with van der Waals surface area (Å²) in [4.78, 5) is 40.8. The molecule has 2 aromatic rings. The molecule has 2 fully saturated rings. The number of halogens is 1. The van der Waals surface area contributed by atoms with Crippen molar-refractivity contribution in [3.63, 3.8) is 0 Å². The Kier molecular flexibility index (Phi) is 5.06. The molecule has 34 heavy (non-hydrogen) atoms. The van der Waals surface area contributed by atoms with Gasteiger partial charge in [0.15, 0.2) is 0 Å². The summed E-state index contributed by atoms with van der Waals surface area (Å²) in [5.74, 6) is -3.44. The third-order valence-corrected chi connectivity index (χ3v) is 6.24. The number of carbonyl (C=O) groups excluding carboxylic acids is 3. The van der Waals surface area contributed by atoms with Gasteiger partial charge < -0.3 is 15.0 Å². The minimum Gasteiger partial charge on any atom is -0.381 e. The van der Waals surface area contributed by atoms with Crippen LogP contribution in [0.15, 0.2) is 36.4 Å². The van der Waals surface area contributed by atoms with Crippen LogP contribution in [0.5, 0.6) is 0 Å². The molecular formula is C25H27FN4O4. The highest BCUT2D eigenvalue weighted by atomic mass is 19.1. The number of amides is 3. The third-order valence-electron chi connectivity index (χ3n) is 6.24. The van der Waals surface area contributed by atoms with Crippen molar-refractivity contribution in [2.24, 2.45) is 0 Å². The van der Waals surface area contributed by atoms with E-state index in [2.05, 4.69) is 10.2 Å². The zero-order valence-corrected chi connectivity index (χ0v) is 18.4. The van der Waals surface area contributed by atoms with E-state index >= 15 is 4.39 Å². The van der Waals surface area contributed by atoms with Crippen molar-refractivity contribution < 1.29 is 29.0 Å². The lowest BCUT2D eigenvalue weighted by atomic mass is 10.0. The molecule has 0 aliphatic carbocycles. The van der Waals surface area contributed by atoms with Crippen LogP contribution >= 0.6 is 0 Å². The van der Waals surface area contributed by atoms with Crippen molar-refractivity contribution >= 4 is 23.4 Å². The monoisotopic (exact) mass is 470 g/mol. The largest absolute Gasteiger partial charge is 0.381 e. The Morgan fingerprint density at radius 3 is 2.71 bits per heavy atom. The summed E-state index contributed by atoms with van der Waals surface area (Å²) in [6.07, 6.45) is -5.98. The summed E-state index contributed by atoms with van der Waals surface area (Å²) in [5, 5.41) is 5.00. The first kappa shape index (κ1) is 18.1. The van der Waals surface area contributed by atoms with Gasteiger partial charge in [-0.1, -0.05) is 24.3 Å². The molecule has 0 spiro atoms. The molecule has 0 radical (unpaired) electrons. The highest BCUT2D eigenvalue weighted by Crippen LogP contribution is 2.32. The van der Waals surface area contributed by atoms with Gasteiger partial charge in [0.25, 0.3) is 5.91 Å². The first-order chi connectivity index (χ1) is 18.0. The Morgan fingerprint density at radius 2 is 1.88 bits per heavy atom. The second kappa shape index (κ2) is 9.52. The topological polar surface area (TPSA) is 91.0 Å². The molecule has 2 N–H and O–H groups in total. The number of ether oxygens (including phenoxy) is 1. The molecule has 1 atom stereocenters. The van der Waals surface area contributed by atoms with Crippen molar-refractivity contribution in [2.75, 3.05) is 31.6 Å². The number of hydrogen-bond acceptors (Lipinski definition) is 6. The number of nitrogens with zero attached hydrogens (tertiary/aromatic N) is 2. The van der Waals surface area contributed by atoms with E-state index in [4.69, 9.17) is 10.2 Å². The lowest BCUT2D eigenvalue weighted by Crippen LogP contribution is -2.52. The molecule has 3 amide bonds. The van der Waals surface area contributed by atoms with Crippen molar-refractivity contribution in [1.82, 2.24) is 15.1 Å². The number of imide groups is 1. The lowest BCUT2D eigenvalue weighted by molar-refractivity contribution is -0.136. The molecule has 8 nitrogen and oxygen atoms in total. The lowest BCUT2D eigenvalue weighted by Gasteiger charge is -2.29. The number of nitrogens with one attached hydrogen (secondary N) is 2. The van der Waals surface area contributed by atoms with E-state index in [-0.39, 0.29) is 24.5 Å². The maximum Gasteiger partial charge on any atom is 0.255 e. The number of anilines is 1. The van der Waals surface area contributed by atoms with Gasteiger partial charge in [-0.3, -0.25) is 24.6 Å². The Balaban J connectivity index is 1.35. The van der Waals surface area contributed by atoms with Crippen LogP contribution in [0.3, 0.4) is 0 Å². The highest BCUT2D eigenvalue weighted by Gasteiger charge is 2.39. The summed E-state index contributed by atoms with van der Waals surface area (Å²) in [6.45, 7) is 3.10. The van der Waals surface area contributed by atoms with Crippen molar-refractivity contribution in [1.29, 1.82) is 0 Å². The van der Waals surface area contributed by atoms with E-state index in [0.29, 0.717) is 42.1 Å². The van der Waals surface area contributed by atoms with Gasteiger partial charge in [-0.15, -0.1) is 0 Å². The molecule has 178 valence electrons. The van der Waals surface area contributed by atoms with E-state index in [9.17, 15) is 14.4 Å². The van der Waals surface area contributed by atoms with Crippen LogP contribution in [0.2, 0.25) is 0 Å². The fourth-order valence-electron chi connectivity index (χ4n) is 4.44. The summed E-state index contributed by atoms with van der Waals surface area (Å²) in [6, 6.07) is 8.20. The second-order valence-electron chi connectivity index (χ2n) is 8.39. The van der Waals surface area contributed by atoms with Gasteiger partial charge in [0.2, 0.25) is 11.8 Å². The molecule has 3 aliphatic rings. The van der Waals surface area contributed by atoms with E-state index < -0.39 is 36.5 Å². The molecule has 2 saturated heterocycles. The molecular weight excluding hydrogens is 439 g/mol. The maximum atomic E-state index is 15.3. The summed E-state index contributed by atoms with van der Waals surface area (Å²) < 4.78 is 52.9. The van der Waals surface area contributed by atoms with Crippen LogP contribution in [0.4, 0.5) is 10.1 Å². The molecule has 5 rings (SSSR count). The van der Waals surface area contributed by atoms with E-state index in [1.54, 1.807) is 30.3 Å². The van der Waals surface area contributed by atoms with Crippen molar-refractivity contribution in [3.8, 4) is 0 Å². The quantitative estimate of drug-likeness (QED) is 0.628. The Bertz CT molecular complexity index is 1300. The van der Waals surface area contributed by atoms with Gasteiger partial charge in [-0.25, -0.2) is 4.39 Å². The number of fused-ring (bicyclic) bond motifs is 1.